The lowest BCUT2D eigenvalue weighted by Crippen LogP contribution is -2.28. The van der Waals surface area contributed by atoms with Crippen molar-refractivity contribution in [1.82, 2.24) is 5.43 Å². The van der Waals surface area contributed by atoms with Crippen LogP contribution in [0.15, 0.2) is 53.6 Å². The summed E-state index contributed by atoms with van der Waals surface area (Å²) in [6, 6.07) is 16.4. The topological polar surface area (TPSA) is 33.6 Å². The first-order valence-corrected chi connectivity index (χ1v) is 7.86. The number of ether oxygens (including phenoxy) is 1. The smallest absolute Gasteiger partial charge is 0.181 e. The number of fused-ring (bicyclic) bond motifs is 1. The van der Waals surface area contributed by atoms with Crippen LogP contribution < -0.4 is 10.2 Å². The molecule has 0 saturated heterocycles. The third-order valence-electron chi connectivity index (χ3n) is 3.99. The average molecular weight is 294 g/mol. The van der Waals surface area contributed by atoms with Gasteiger partial charge >= 0.3 is 0 Å². The molecule has 0 aromatic heterocycles. The molecule has 1 atom stereocenters. The molecular weight excluding hydrogens is 272 g/mol. The fraction of sp³-hybridized carbons (Fsp3) is 0.316. The zero-order valence-corrected chi connectivity index (χ0v) is 13.2. The molecule has 0 fully saturated rings. The second kappa shape index (κ2) is 6.65. The lowest BCUT2D eigenvalue weighted by atomic mass is 10.0. The van der Waals surface area contributed by atoms with Gasteiger partial charge in [0.25, 0.3) is 0 Å². The molecular formula is C19H22N2O. The van der Waals surface area contributed by atoms with E-state index in [9.17, 15) is 0 Å². The van der Waals surface area contributed by atoms with Gasteiger partial charge in [-0.3, -0.25) is 5.43 Å². The van der Waals surface area contributed by atoms with E-state index in [0.29, 0.717) is 0 Å². The Morgan fingerprint density at radius 1 is 1.09 bits per heavy atom. The Bertz CT molecular complexity index is 664. The largest absolute Gasteiger partial charge is 0.470 e. The number of hydrazone groups is 1. The van der Waals surface area contributed by atoms with Crippen LogP contribution >= 0.6 is 0 Å². The summed E-state index contributed by atoms with van der Waals surface area (Å²) in [5.74, 6) is 0.841. The first-order chi connectivity index (χ1) is 10.7. The maximum Gasteiger partial charge on any atom is 0.181 e. The quantitative estimate of drug-likeness (QED) is 0.515. The molecule has 0 saturated carbocycles. The van der Waals surface area contributed by atoms with E-state index in [1.54, 1.807) is 0 Å². The molecule has 3 nitrogen and oxygen atoms in total. The van der Waals surface area contributed by atoms with Gasteiger partial charge in [0.1, 0.15) is 5.75 Å². The van der Waals surface area contributed by atoms with Crippen molar-refractivity contribution < 1.29 is 4.74 Å². The summed E-state index contributed by atoms with van der Waals surface area (Å²) in [4.78, 5) is 0. The molecule has 0 heterocycles. The minimum absolute atomic E-state index is 0.174. The van der Waals surface area contributed by atoms with Crippen molar-refractivity contribution in [3.8, 4) is 5.75 Å². The standard InChI is InChI=1S/C19H22N2O/c1-14(17-12-11-16-7-6-8-18(16)13-17)20-21-15(2)22-19-9-4-3-5-10-19/h3-5,9-13,15,21H,6-8H2,1-2H3/b20-14+. The lowest BCUT2D eigenvalue weighted by Gasteiger charge is -2.14. The zero-order valence-electron chi connectivity index (χ0n) is 13.2. The van der Waals surface area contributed by atoms with Crippen molar-refractivity contribution in [3.63, 3.8) is 0 Å². The predicted molar refractivity (Wildman–Crippen MR) is 90.3 cm³/mol. The van der Waals surface area contributed by atoms with Crippen molar-refractivity contribution in [1.29, 1.82) is 0 Å². The lowest BCUT2D eigenvalue weighted by molar-refractivity contribution is 0.185. The molecule has 3 heteroatoms. The molecule has 0 spiro atoms. The van der Waals surface area contributed by atoms with Gasteiger partial charge in [-0.15, -0.1) is 0 Å². The summed E-state index contributed by atoms with van der Waals surface area (Å²) < 4.78 is 5.76. The van der Waals surface area contributed by atoms with Crippen LogP contribution in [0.25, 0.3) is 0 Å². The molecule has 2 aromatic carbocycles. The van der Waals surface area contributed by atoms with E-state index in [4.69, 9.17) is 4.74 Å². The number of hydrogen-bond acceptors (Lipinski definition) is 3. The van der Waals surface area contributed by atoms with Gasteiger partial charge in [0.2, 0.25) is 0 Å². The van der Waals surface area contributed by atoms with E-state index in [1.165, 1.54) is 36.0 Å². The van der Waals surface area contributed by atoms with Crippen molar-refractivity contribution >= 4 is 5.71 Å². The Kier molecular flexibility index (Phi) is 4.42. The van der Waals surface area contributed by atoms with Crippen molar-refractivity contribution in [3.05, 3.63) is 65.2 Å². The van der Waals surface area contributed by atoms with E-state index in [-0.39, 0.29) is 6.23 Å². The molecule has 0 aliphatic heterocycles. The first-order valence-electron chi connectivity index (χ1n) is 7.86. The fourth-order valence-electron chi connectivity index (χ4n) is 2.78. The Morgan fingerprint density at radius 2 is 1.86 bits per heavy atom. The van der Waals surface area contributed by atoms with Gasteiger partial charge in [-0.25, -0.2) is 0 Å². The van der Waals surface area contributed by atoms with Crippen molar-refractivity contribution in [2.24, 2.45) is 5.10 Å². The Labute approximate surface area is 132 Å². The van der Waals surface area contributed by atoms with Crippen LogP contribution in [0.5, 0.6) is 5.75 Å². The Balaban J connectivity index is 1.62. The molecule has 114 valence electrons. The predicted octanol–water partition coefficient (Wildman–Crippen LogP) is 3.91. The second-order valence-electron chi connectivity index (χ2n) is 5.74. The number of para-hydroxylation sites is 1. The highest BCUT2D eigenvalue weighted by Gasteiger charge is 2.11. The van der Waals surface area contributed by atoms with Crippen LogP contribution in [0.1, 0.15) is 37.0 Å². The van der Waals surface area contributed by atoms with Crippen molar-refractivity contribution in [2.45, 2.75) is 39.3 Å². The van der Waals surface area contributed by atoms with Crippen LogP contribution in [0.2, 0.25) is 0 Å². The van der Waals surface area contributed by atoms with Gasteiger partial charge in [-0.2, -0.15) is 5.10 Å². The van der Waals surface area contributed by atoms with Gasteiger partial charge in [0.05, 0.1) is 5.71 Å². The summed E-state index contributed by atoms with van der Waals surface area (Å²) in [5.41, 5.74) is 8.19. The normalized spacial score (nSPS) is 15.3. The monoisotopic (exact) mass is 294 g/mol. The van der Waals surface area contributed by atoms with Crippen LogP contribution in [-0.4, -0.2) is 11.9 Å². The van der Waals surface area contributed by atoms with Gasteiger partial charge in [-0.1, -0.05) is 30.3 Å². The van der Waals surface area contributed by atoms with Crippen molar-refractivity contribution in [2.75, 3.05) is 0 Å². The minimum Gasteiger partial charge on any atom is -0.470 e. The highest BCUT2D eigenvalue weighted by Crippen LogP contribution is 2.23. The Morgan fingerprint density at radius 3 is 2.68 bits per heavy atom. The van der Waals surface area contributed by atoms with Crippen LogP contribution in [0.3, 0.4) is 0 Å². The zero-order chi connectivity index (χ0) is 15.4. The number of benzene rings is 2. The Hall–Kier alpha value is -2.29. The van der Waals surface area contributed by atoms with Crippen LogP contribution in [0.4, 0.5) is 0 Å². The summed E-state index contributed by atoms with van der Waals surface area (Å²) in [7, 11) is 0. The molecule has 0 radical (unpaired) electrons. The summed E-state index contributed by atoms with van der Waals surface area (Å²) in [6.07, 6.45) is 3.50. The molecule has 3 rings (SSSR count). The highest BCUT2D eigenvalue weighted by atomic mass is 16.5. The molecule has 1 aliphatic carbocycles. The number of nitrogens with one attached hydrogen (secondary N) is 1. The van der Waals surface area contributed by atoms with Gasteiger partial charge < -0.3 is 4.74 Å². The molecule has 1 N–H and O–H groups in total. The minimum atomic E-state index is -0.174. The van der Waals surface area contributed by atoms with Gasteiger partial charge in [-0.05, 0) is 68.0 Å². The summed E-state index contributed by atoms with van der Waals surface area (Å²) in [6.45, 7) is 3.98. The van der Waals surface area contributed by atoms with Gasteiger partial charge in [0, 0.05) is 0 Å². The van der Waals surface area contributed by atoms with E-state index in [1.807, 2.05) is 44.2 Å². The molecule has 1 unspecified atom stereocenters. The number of rotatable bonds is 5. The molecule has 0 bridgehead atoms. The number of hydrogen-bond donors (Lipinski definition) is 1. The van der Waals surface area contributed by atoms with E-state index in [2.05, 4.69) is 28.7 Å². The third kappa shape index (κ3) is 3.48. The number of aryl methyl sites for hydroxylation is 2. The second-order valence-corrected chi connectivity index (χ2v) is 5.74. The summed E-state index contributed by atoms with van der Waals surface area (Å²) in [5, 5.41) is 4.46. The fourth-order valence-corrected chi connectivity index (χ4v) is 2.78. The third-order valence-corrected chi connectivity index (χ3v) is 3.99. The molecule has 0 amide bonds. The van der Waals surface area contributed by atoms with E-state index in [0.717, 1.165) is 11.5 Å². The molecule has 22 heavy (non-hydrogen) atoms. The highest BCUT2D eigenvalue weighted by molar-refractivity contribution is 5.98. The number of nitrogens with zero attached hydrogens (tertiary/aromatic N) is 1. The molecule has 2 aromatic rings. The summed E-state index contributed by atoms with van der Waals surface area (Å²) >= 11 is 0. The van der Waals surface area contributed by atoms with E-state index < -0.39 is 0 Å². The maximum atomic E-state index is 5.76. The van der Waals surface area contributed by atoms with Crippen LogP contribution in [0, 0.1) is 0 Å². The maximum absolute atomic E-state index is 5.76. The van der Waals surface area contributed by atoms with E-state index >= 15 is 0 Å². The van der Waals surface area contributed by atoms with Crippen LogP contribution in [-0.2, 0) is 12.8 Å². The SMILES string of the molecule is C/C(=N\NC(C)Oc1ccccc1)c1ccc2c(c1)CCC2. The van der Waals surface area contributed by atoms with Gasteiger partial charge in [0.15, 0.2) is 6.23 Å². The first kappa shape index (κ1) is 14.6. The average Bonchev–Trinajstić information content (AvgIpc) is 3.01. The molecule has 1 aliphatic rings.